The molecule has 0 aliphatic heterocycles. The minimum absolute atomic E-state index is 0.130. The van der Waals surface area contributed by atoms with E-state index in [-0.39, 0.29) is 17.6 Å². The van der Waals surface area contributed by atoms with E-state index in [2.05, 4.69) is 31.3 Å². The van der Waals surface area contributed by atoms with Gasteiger partial charge in [-0.3, -0.25) is 4.79 Å². The van der Waals surface area contributed by atoms with E-state index >= 15 is 0 Å². The summed E-state index contributed by atoms with van der Waals surface area (Å²) in [5.41, 5.74) is 0.806. The molecule has 0 radical (unpaired) electrons. The van der Waals surface area contributed by atoms with Crippen LogP contribution >= 0.6 is 0 Å². The molecule has 1 amide bonds. The first kappa shape index (κ1) is 20.0. The Morgan fingerprint density at radius 3 is 2.12 bits per heavy atom. The number of benzene rings is 2. The molecule has 0 heterocycles. The molecule has 2 aromatic carbocycles. The maximum absolute atomic E-state index is 12.8. The smallest absolute Gasteiger partial charge is 0.228 e. The first-order valence-electron chi connectivity index (χ1n) is 9.03. The zero-order valence-electron chi connectivity index (χ0n) is 15.9. The van der Waals surface area contributed by atoms with Crippen LogP contribution < -0.4 is 5.32 Å². The number of amides is 1. The van der Waals surface area contributed by atoms with Gasteiger partial charge in [-0.25, -0.2) is 0 Å². The van der Waals surface area contributed by atoms with E-state index < -0.39 is 11.5 Å². The van der Waals surface area contributed by atoms with Crippen LogP contribution in [-0.4, -0.2) is 22.7 Å². The van der Waals surface area contributed by atoms with E-state index in [4.69, 9.17) is 0 Å². The highest BCUT2D eigenvalue weighted by Gasteiger charge is 2.37. The van der Waals surface area contributed by atoms with Crippen molar-refractivity contribution in [3.8, 4) is 5.75 Å². The fourth-order valence-electron chi connectivity index (χ4n) is 3.07. The van der Waals surface area contributed by atoms with Gasteiger partial charge in [-0.05, 0) is 43.0 Å². The second kappa shape index (κ2) is 8.37. The Labute approximate surface area is 155 Å². The van der Waals surface area contributed by atoms with Crippen LogP contribution in [-0.2, 0) is 4.79 Å². The van der Waals surface area contributed by atoms with Crippen LogP contribution in [0.2, 0.25) is 0 Å². The Morgan fingerprint density at radius 2 is 1.58 bits per heavy atom. The van der Waals surface area contributed by atoms with Crippen molar-refractivity contribution >= 4 is 5.91 Å². The van der Waals surface area contributed by atoms with Crippen LogP contribution in [0.1, 0.15) is 50.8 Å². The number of phenols is 1. The van der Waals surface area contributed by atoms with Crippen molar-refractivity contribution in [3.05, 3.63) is 65.7 Å². The Morgan fingerprint density at radius 1 is 1.00 bits per heavy atom. The SMILES string of the molecule is CC(C)[C@H](CNC(=O)C(C)(C)[C@@H](O)c1ccc(O)cc1)c1ccccc1. The number of carbonyl (C=O) groups is 1. The van der Waals surface area contributed by atoms with Gasteiger partial charge in [0.05, 0.1) is 11.5 Å². The molecule has 0 aliphatic carbocycles. The van der Waals surface area contributed by atoms with Crippen LogP contribution in [0.15, 0.2) is 54.6 Å². The van der Waals surface area contributed by atoms with Gasteiger partial charge in [-0.15, -0.1) is 0 Å². The zero-order chi connectivity index (χ0) is 19.3. The third-order valence-electron chi connectivity index (χ3n) is 4.99. The summed E-state index contributed by atoms with van der Waals surface area (Å²) in [5, 5.41) is 23.1. The molecule has 2 rings (SSSR count). The maximum Gasteiger partial charge on any atom is 0.228 e. The lowest BCUT2D eigenvalue weighted by Gasteiger charge is -2.31. The Hall–Kier alpha value is -2.33. The topological polar surface area (TPSA) is 69.6 Å². The molecule has 140 valence electrons. The number of hydrogen-bond donors (Lipinski definition) is 3. The number of aliphatic hydroxyl groups is 1. The molecule has 0 unspecified atom stereocenters. The predicted octanol–water partition coefficient (Wildman–Crippen LogP) is 4.01. The number of aliphatic hydroxyl groups excluding tert-OH is 1. The summed E-state index contributed by atoms with van der Waals surface area (Å²) in [4.78, 5) is 12.8. The number of carbonyl (C=O) groups excluding carboxylic acids is 1. The standard InChI is InChI=1S/C22H29NO3/c1-15(2)19(16-8-6-5-7-9-16)14-23-21(26)22(3,4)20(25)17-10-12-18(24)13-11-17/h5-13,15,19-20,24-25H,14H2,1-4H3,(H,23,26)/t19-,20-/m0/s1. The molecule has 0 aromatic heterocycles. The minimum Gasteiger partial charge on any atom is -0.508 e. The average Bonchev–Trinajstić information content (AvgIpc) is 2.62. The minimum atomic E-state index is -0.991. The summed E-state index contributed by atoms with van der Waals surface area (Å²) in [6.45, 7) is 8.26. The Bertz CT molecular complexity index is 708. The highest BCUT2D eigenvalue weighted by Crippen LogP contribution is 2.34. The van der Waals surface area contributed by atoms with Crippen LogP contribution in [0.5, 0.6) is 5.75 Å². The lowest BCUT2D eigenvalue weighted by molar-refractivity contribution is -0.135. The largest absolute Gasteiger partial charge is 0.508 e. The van der Waals surface area contributed by atoms with Crippen molar-refractivity contribution in [1.29, 1.82) is 0 Å². The lowest BCUT2D eigenvalue weighted by Crippen LogP contribution is -2.43. The summed E-state index contributed by atoms with van der Waals surface area (Å²) < 4.78 is 0. The van der Waals surface area contributed by atoms with E-state index in [1.54, 1.807) is 26.0 Å². The molecule has 0 bridgehead atoms. The van der Waals surface area contributed by atoms with Gasteiger partial charge in [0.1, 0.15) is 5.75 Å². The van der Waals surface area contributed by atoms with Crippen LogP contribution in [0.4, 0.5) is 0 Å². The van der Waals surface area contributed by atoms with E-state index in [0.717, 1.165) is 0 Å². The van der Waals surface area contributed by atoms with Gasteiger partial charge in [0.2, 0.25) is 5.91 Å². The number of aromatic hydroxyl groups is 1. The lowest BCUT2D eigenvalue weighted by atomic mass is 9.81. The molecule has 2 aromatic rings. The first-order valence-corrected chi connectivity index (χ1v) is 9.03. The fraction of sp³-hybridized carbons (Fsp3) is 0.409. The maximum atomic E-state index is 12.8. The monoisotopic (exact) mass is 355 g/mol. The van der Waals surface area contributed by atoms with Gasteiger partial charge in [0, 0.05) is 12.5 Å². The normalized spacial score (nSPS) is 14.1. The van der Waals surface area contributed by atoms with Gasteiger partial charge < -0.3 is 15.5 Å². The molecule has 0 saturated heterocycles. The molecule has 4 heteroatoms. The van der Waals surface area contributed by atoms with Crippen molar-refractivity contribution in [1.82, 2.24) is 5.32 Å². The Balaban J connectivity index is 2.08. The Kier molecular flexibility index (Phi) is 6.43. The summed E-state index contributed by atoms with van der Waals surface area (Å²) >= 11 is 0. The molecule has 4 nitrogen and oxygen atoms in total. The third-order valence-corrected chi connectivity index (χ3v) is 4.99. The molecule has 0 spiro atoms. The van der Waals surface area contributed by atoms with E-state index in [1.807, 2.05) is 18.2 Å². The van der Waals surface area contributed by atoms with Crippen LogP contribution in [0.25, 0.3) is 0 Å². The van der Waals surface area contributed by atoms with Gasteiger partial charge in [0.25, 0.3) is 0 Å². The number of rotatable bonds is 7. The molecular weight excluding hydrogens is 326 g/mol. The second-order valence-electron chi connectivity index (χ2n) is 7.69. The molecule has 26 heavy (non-hydrogen) atoms. The molecule has 3 N–H and O–H groups in total. The van der Waals surface area contributed by atoms with Crippen molar-refractivity contribution in [2.45, 2.75) is 39.7 Å². The van der Waals surface area contributed by atoms with E-state index in [9.17, 15) is 15.0 Å². The van der Waals surface area contributed by atoms with Gasteiger partial charge in [-0.1, -0.05) is 56.3 Å². The van der Waals surface area contributed by atoms with E-state index in [0.29, 0.717) is 18.0 Å². The molecule has 2 atom stereocenters. The summed E-state index contributed by atoms with van der Waals surface area (Å²) in [5.74, 6) is 0.523. The third kappa shape index (κ3) is 4.64. The van der Waals surface area contributed by atoms with Gasteiger partial charge in [0.15, 0.2) is 0 Å². The number of hydrogen-bond acceptors (Lipinski definition) is 3. The zero-order valence-corrected chi connectivity index (χ0v) is 15.9. The predicted molar refractivity (Wildman–Crippen MR) is 104 cm³/mol. The summed E-state index contributed by atoms with van der Waals surface area (Å²) in [6, 6.07) is 16.4. The van der Waals surface area contributed by atoms with Crippen molar-refractivity contribution in [3.63, 3.8) is 0 Å². The first-order chi connectivity index (χ1) is 12.2. The molecule has 0 aliphatic rings. The van der Waals surface area contributed by atoms with E-state index in [1.165, 1.54) is 17.7 Å². The number of nitrogens with one attached hydrogen (secondary N) is 1. The van der Waals surface area contributed by atoms with Crippen LogP contribution in [0, 0.1) is 11.3 Å². The molecule has 0 fully saturated rings. The molecular formula is C22H29NO3. The summed E-state index contributed by atoms with van der Waals surface area (Å²) in [7, 11) is 0. The van der Waals surface area contributed by atoms with Crippen molar-refractivity contribution < 1.29 is 15.0 Å². The highest BCUT2D eigenvalue weighted by atomic mass is 16.3. The average molecular weight is 355 g/mol. The summed E-state index contributed by atoms with van der Waals surface area (Å²) in [6.07, 6.45) is -0.961. The fourth-order valence-corrected chi connectivity index (χ4v) is 3.07. The van der Waals surface area contributed by atoms with Crippen molar-refractivity contribution in [2.24, 2.45) is 11.3 Å². The van der Waals surface area contributed by atoms with Gasteiger partial charge in [-0.2, -0.15) is 0 Å². The molecule has 0 saturated carbocycles. The van der Waals surface area contributed by atoms with Gasteiger partial charge >= 0.3 is 0 Å². The second-order valence-corrected chi connectivity index (χ2v) is 7.69. The quantitative estimate of drug-likeness (QED) is 0.703. The van der Waals surface area contributed by atoms with Crippen LogP contribution in [0.3, 0.4) is 0 Å². The van der Waals surface area contributed by atoms with Crippen molar-refractivity contribution in [2.75, 3.05) is 6.54 Å². The highest BCUT2D eigenvalue weighted by molar-refractivity contribution is 5.82. The number of phenolic OH excluding ortho intramolecular Hbond substituents is 1.